The van der Waals surface area contributed by atoms with Crippen LogP contribution in [0.15, 0.2) is 11.6 Å². The summed E-state index contributed by atoms with van der Waals surface area (Å²) in [4.78, 5) is 0. The monoisotopic (exact) mass is 324 g/mol. The molecule has 4 rings (SSSR count). The van der Waals surface area contributed by atoms with Crippen molar-refractivity contribution in [2.75, 3.05) is 0 Å². The van der Waals surface area contributed by atoms with Crippen molar-refractivity contribution in [3.63, 3.8) is 0 Å². The molecule has 3 aliphatic heterocycles. The van der Waals surface area contributed by atoms with E-state index in [1.807, 2.05) is 19.9 Å². The molecule has 2 bridgehead atoms. The van der Waals surface area contributed by atoms with Crippen LogP contribution >= 0.6 is 0 Å². The van der Waals surface area contributed by atoms with Gasteiger partial charge in [0, 0.05) is 6.42 Å². The van der Waals surface area contributed by atoms with Gasteiger partial charge < -0.3 is 9.47 Å². The van der Waals surface area contributed by atoms with Crippen LogP contribution in [0.25, 0.3) is 0 Å². The van der Waals surface area contributed by atoms with Gasteiger partial charge in [-0.05, 0) is 31.8 Å². The lowest BCUT2D eigenvalue weighted by molar-refractivity contribution is -0.350. The Balaban J connectivity index is 2.31. The highest BCUT2D eigenvalue weighted by atomic mass is 16.7. The van der Waals surface area contributed by atoms with Crippen molar-refractivity contribution in [1.29, 1.82) is 21.2 Å². The van der Waals surface area contributed by atoms with E-state index in [1.165, 1.54) is 0 Å². The van der Waals surface area contributed by atoms with Gasteiger partial charge in [-0.2, -0.15) is 15.8 Å². The van der Waals surface area contributed by atoms with E-state index in [4.69, 9.17) is 14.9 Å². The molecule has 3 heterocycles. The maximum atomic E-state index is 10.0. The Hall–Kier alpha value is -2.36. The lowest BCUT2D eigenvalue weighted by Crippen LogP contribution is -2.76. The number of fused-ring (bicyclic) bond motifs is 2. The quantitative estimate of drug-likeness (QED) is 0.783. The van der Waals surface area contributed by atoms with E-state index in [1.54, 1.807) is 0 Å². The van der Waals surface area contributed by atoms with Crippen molar-refractivity contribution in [2.24, 2.45) is 16.7 Å². The molecular weight excluding hydrogens is 304 g/mol. The molecule has 1 aliphatic carbocycles. The summed E-state index contributed by atoms with van der Waals surface area (Å²) in [6.07, 6.45) is 4.67. The molecule has 1 spiro atoms. The molecule has 4 fully saturated rings. The van der Waals surface area contributed by atoms with Gasteiger partial charge in [0.1, 0.15) is 6.10 Å². The summed E-state index contributed by atoms with van der Waals surface area (Å²) in [6, 6.07) is 6.37. The second kappa shape index (κ2) is 5.33. The van der Waals surface area contributed by atoms with Crippen molar-refractivity contribution in [2.45, 2.75) is 57.8 Å². The minimum Gasteiger partial charge on any atom is -0.447 e. The molecule has 124 valence electrons. The normalized spacial score (nSPS) is 39.8. The van der Waals surface area contributed by atoms with Crippen LogP contribution in [-0.2, 0) is 9.47 Å². The number of nitrogens with one attached hydrogen (secondary N) is 1. The van der Waals surface area contributed by atoms with Crippen molar-refractivity contribution >= 4 is 5.90 Å². The molecular formula is C18H20N4O2. The van der Waals surface area contributed by atoms with E-state index in [0.29, 0.717) is 12.8 Å². The predicted octanol–water partition coefficient (Wildman–Crippen LogP) is 3.18. The first kappa shape index (κ1) is 16.5. The average molecular weight is 324 g/mol. The first-order chi connectivity index (χ1) is 11.5. The van der Waals surface area contributed by atoms with Gasteiger partial charge in [-0.25, -0.2) is 0 Å². The molecule has 4 aliphatic rings. The standard InChI is InChI=1S/C18H20N4O2/c1-3-6-12(2)14-17(11-21)15(22)24-18(23-14)8-5-4-7-13(18)16(17,9-19)10-20/h6,13-14,22H,3-5,7-8H2,1-2H3/b12-6+,22-15?/t13-,14-,17-,18-/m1/s1. The van der Waals surface area contributed by atoms with Gasteiger partial charge in [0.15, 0.2) is 10.8 Å². The van der Waals surface area contributed by atoms with Crippen molar-refractivity contribution in [3.8, 4) is 18.2 Å². The molecule has 1 saturated carbocycles. The molecule has 3 saturated heterocycles. The summed E-state index contributed by atoms with van der Waals surface area (Å²) in [5.41, 5.74) is -2.59. The molecule has 6 heteroatoms. The number of nitrogens with zero attached hydrogens (tertiary/aromatic N) is 3. The van der Waals surface area contributed by atoms with Crippen LogP contribution < -0.4 is 0 Å². The fourth-order valence-corrected chi connectivity index (χ4v) is 4.69. The molecule has 0 radical (unpaired) electrons. The topological polar surface area (TPSA) is 114 Å². The third-order valence-corrected chi connectivity index (χ3v) is 5.76. The zero-order valence-electron chi connectivity index (χ0n) is 13.9. The first-order valence-electron chi connectivity index (χ1n) is 8.34. The highest BCUT2D eigenvalue weighted by Gasteiger charge is 2.80. The predicted molar refractivity (Wildman–Crippen MR) is 84.1 cm³/mol. The Morgan fingerprint density at radius 3 is 2.58 bits per heavy atom. The van der Waals surface area contributed by atoms with Crippen LogP contribution in [-0.4, -0.2) is 17.8 Å². The Labute approximate surface area is 141 Å². The maximum Gasteiger partial charge on any atom is 0.218 e. The van der Waals surface area contributed by atoms with Crippen LogP contribution in [0, 0.1) is 56.2 Å². The third kappa shape index (κ3) is 1.63. The Morgan fingerprint density at radius 1 is 1.29 bits per heavy atom. The third-order valence-electron chi connectivity index (χ3n) is 5.76. The molecule has 6 nitrogen and oxygen atoms in total. The second-order valence-electron chi connectivity index (χ2n) is 6.85. The number of hydrogen-bond acceptors (Lipinski definition) is 6. The number of allylic oxidation sites excluding steroid dienone is 1. The van der Waals surface area contributed by atoms with Gasteiger partial charge in [-0.1, -0.05) is 19.4 Å². The fourth-order valence-electron chi connectivity index (χ4n) is 4.69. The van der Waals surface area contributed by atoms with E-state index >= 15 is 0 Å². The molecule has 0 unspecified atom stereocenters. The van der Waals surface area contributed by atoms with Crippen LogP contribution in [0.1, 0.15) is 46.0 Å². The summed E-state index contributed by atoms with van der Waals surface area (Å²) in [7, 11) is 0. The number of hydrogen-bond donors (Lipinski definition) is 1. The van der Waals surface area contributed by atoms with Gasteiger partial charge in [0.25, 0.3) is 0 Å². The zero-order valence-corrected chi connectivity index (χ0v) is 13.9. The molecule has 1 N–H and O–H groups in total. The van der Waals surface area contributed by atoms with E-state index < -0.39 is 28.6 Å². The molecule has 0 amide bonds. The largest absolute Gasteiger partial charge is 0.447 e. The molecule has 0 aromatic heterocycles. The molecule has 4 atom stereocenters. The summed E-state index contributed by atoms with van der Waals surface area (Å²) in [5, 5.41) is 38.4. The van der Waals surface area contributed by atoms with Gasteiger partial charge in [-0.3, -0.25) is 5.41 Å². The lowest BCUT2D eigenvalue weighted by atomic mass is 9.48. The molecule has 0 aromatic carbocycles. The summed E-state index contributed by atoms with van der Waals surface area (Å²) in [5.74, 6) is -1.97. The van der Waals surface area contributed by atoms with Crippen molar-refractivity contribution < 1.29 is 9.47 Å². The van der Waals surface area contributed by atoms with Gasteiger partial charge in [-0.15, -0.1) is 0 Å². The Morgan fingerprint density at radius 2 is 2.00 bits per heavy atom. The van der Waals surface area contributed by atoms with E-state index in [9.17, 15) is 15.8 Å². The molecule has 24 heavy (non-hydrogen) atoms. The Bertz CT molecular complexity index is 724. The SMILES string of the molecule is CC/C=C(\C)[C@H]1O[C@@]23CCCC[C@@H]2C(C#N)(C#N)[C@@]1(C#N)C(=N)O3. The van der Waals surface area contributed by atoms with Crippen LogP contribution in [0.2, 0.25) is 0 Å². The minimum absolute atomic E-state index is 0.300. The van der Waals surface area contributed by atoms with E-state index in [2.05, 4.69) is 18.2 Å². The summed E-state index contributed by atoms with van der Waals surface area (Å²) >= 11 is 0. The molecule has 0 aromatic rings. The minimum atomic E-state index is -1.73. The first-order valence-corrected chi connectivity index (χ1v) is 8.34. The number of nitriles is 3. The van der Waals surface area contributed by atoms with E-state index in [-0.39, 0.29) is 5.90 Å². The van der Waals surface area contributed by atoms with E-state index in [0.717, 1.165) is 24.8 Å². The van der Waals surface area contributed by atoms with Crippen molar-refractivity contribution in [1.82, 2.24) is 0 Å². The maximum absolute atomic E-state index is 10.0. The second-order valence-corrected chi connectivity index (χ2v) is 6.85. The zero-order chi connectivity index (χ0) is 17.6. The smallest absolute Gasteiger partial charge is 0.218 e. The summed E-state index contributed by atoms with van der Waals surface area (Å²) < 4.78 is 12.1. The average Bonchev–Trinajstić information content (AvgIpc) is 2.59. The van der Waals surface area contributed by atoms with Crippen LogP contribution in [0.5, 0.6) is 0 Å². The van der Waals surface area contributed by atoms with Gasteiger partial charge >= 0.3 is 0 Å². The highest BCUT2D eigenvalue weighted by molar-refractivity contribution is 5.89. The van der Waals surface area contributed by atoms with Crippen LogP contribution in [0.3, 0.4) is 0 Å². The summed E-state index contributed by atoms with van der Waals surface area (Å²) in [6.45, 7) is 3.80. The van der Waals surface area contributed by atoms with Crippen LogP contribution in [0.4, 0.5) is 0 Å². The number of rotatable bonds is 2. The van der Waals surface area contributed by atoms with Crippen molar-refractivity contribution in [3.05, 3.63) is 11.6 Å². The lowest BCUT2D eigenvalue weighted by Gasteiger charge is -2.63. The number of ether oxygens (including phenoxy) is 2. The van der Waals surface area contributed by atoms with Gasteiger partial charge in [0.2, 0.25) is 11.7 Å². The fraction of sp³-hybridized carbons (Fsp3) is 0.667. The Kier molecular flexibility index (Phi) is 3.67. The van der Waals surface area contributed by atoms with Gasteiger partial charge in [0.05, 0.1) is 24.1 Å². The highest BCUT2D eigenvalue weighted by Crippen LogP contribution is 2.66.